The van der Waals surface area contributed by atoms with Crippen LogP contribution in [-0.4, -0.2) is 38.9 Å². The fraction of sp³-hybridized carbons (Fsp3) is 0.238. The van der Waals surface area contributed by atoms with Crippen molar-refractivity contribution in [1.82, 2.24) is 14.8 Å². The van der Waals surface area contributed by atoms with E-state index in [9.17, 15) is 9.59 Å². The lowest BCUT2D eigenvalue weighted by molar-refractivity contribution is -0.116. The normalized spacial score (nSPS) is 10.5. The molecule has 1 aromatic heterocycles. The number of amides is 2. The maximum absolute atomic E-state index is 12.3. The van der Waals surface area contributed by atoms with Crippen LogP contribution in [0.2, 0.25) is 5.02 Å². The first-order valence-corrected chi connectivity index (χ1v) is 10.9. The number of halogens is 1. The van der Waals surface area contributed by atoms with Gasteiger partial charge in [-0.3, -0.25) is 9.59 Å². The third-order valence-electron chi connectivity index (χ3n) is 4.15. The van der Waals surface area contributed by atoms with Gasteiger partial charge in [-0.15, -0.1) is 10.2 Å². The average Bonchev–Trinajstić information content (AvgIpc) is 3.09. The molecule has 0 aliphatic heterocycles. The maximum atomic E-state index is 12.3. The van der Waals surface area contributed by atoms with Crippen LogP contribution in [0.3, 0.4) is 0 Å². The zero-order valence-corrected chi connectivity index (χ0v) is 18.7. The fourth-order valence-corrected chi connectivity index (χ4v) is 3.49. The van der Waals surface area contributed by atoms with Crippen LogP contribution >= 0.6 is 23.4 Å². The molecule has 1 heterocycles. The molecule has 2 amide bonds. The molecular formula is C21H22ClN5O3S. The molecule has 0 saturated heterocycles. The third-order valence-corrected chi connectivity index (χ3v) is 5.43. The molecule has 0 atom stereocenters. The second-order valence-corrected chi connectivity index (χ2v) is 7.86. The Balaban J connectivity index is 1.50. The Bertz CT molecular complexity index is 1040. The minimum atomic E-state index is -0.211. The fourth-order valence-electron chi connectivity index (χ4n) is 2.64. The number of aromatic nitrogens is 3. The van der Waals surface area contributed by atoms with E-state index in [-0.39, 0.29) is 24.0 Å². The average molecular weight is 460 g/mol. The van der Waals surface area contributed by atoms with Crippen LogP contribution in [0, 0.1) is 0 Å². The highest BCUT2D eigenvalue weighted by molar-refractivity contribution is 7.99. The lowest BCUT2D eigenvalue weighted by Crippen LogP contribution is -2.17. The number of thioether (sulfide) groups is 1. The van der Waals surface area contributed by atoms with Crippen molar-refractivity contribution >= 4 is 46.6 Å². The summed E-state index contributed by atoms with van der Waals surface area (Å²) in [4.78, 5) is 24.5. The van der Waals surface area contributed by atoms with Crippen LogP contribution in [-0.2, 0) is 23.1 Å². The van der Waals surface area contributed by atoms with Crippen LogP contribution < -0.4 is 15.4 Å². The monoisotopic (exact) mass is 459 g/mol. The summed E-state index contributed by atoms with van der Waals surface area (Å²) in [5.41, 5.74) is 1.34. The second kappa shape index (κ2) is 10.8. The zero-order valence-electron chi connectivity index (χ0n) is 17.1. The zero-order chi connectivity index (χ0) is 22.2. The molecule has 0 aliphatic carbocycles. The third kappa shape index (κ3) is 6.73. The number of anilines is 2. The summed E-state index contributed by atoms with van der Waals surface area (Å²) in [6.45, 7) is 2.50. The van der Waals surface area contributed by atoms with Gasteiger partial charge in [0.15, 0.2) is 5.16 Å². The maximum Gasteiger partial charge on any atom is 0.234 e. The van der Waals surface area contributed by atoms with E-state index >= 15 is 0 Å². The van der Waals surface area contributed by atoms with Gasteiger partial charge in [0.2, 0.25) is 11.8 Å². The Labute approximate surface area is 189 Å². The number of hydrogen-bond acceptors (Lipinski definition) is 6. The van der Waals surface area contributed by atoms with E-state index in [2.05, 4.69) is 20.8 Å². The number of carbonyl (C=O) groups is 2. The van der Waals surface area contributed by atoms with Crippen LogP contribution in [0.4, 0.5) is 11.4 Å². The van der Waals surface area contributed by atoms with Gasteiger partial charge in [0.25, 0.3) is 0 Å². The first-order valence-electron chi connectivity index (χ1n) is 9.53. The molecule has 0 bridgehead atoms. The minimum Gasteiger partial charge on any atom is -0.494 e. The first-order chi connectivity index (χ1) is 14.9. The van der Waals surface area contributed by atoms with Gasteiger partial charge in [-0.1, -0.05) is 23.4 Å². The predicted molar refractivity (Wildman–Crippen MR) is 122 cm³/mol. The molecule has 2 N–H and O–H groups in total. The number of ether oxygens (including phenoxy) is 1. The van der Waals surface area contributed by atoms with E-state index in [0.29, 0.717) is 34.0 Å². The Morgan fingerprint density at radius 1 is 1.00 bits per heavy atom. The molecule has 2 aromatic carbocycles. The predicted octanol–water partition coefficient (Wildman–Crippen LogP) is 3.78. The number of nitrogens with one attached hydrogen (secondary N) is 2. The Kier molecular flexibility index (Phi) is 7.91. The Hall–Kier alpha value is -3.04. The largest absolute Gasteiger partial charge is 0.494 e. The summed E-state index contributed by atoms with van der Waals surface area (Å²) < 4.78 is 7.09. The molecule has 162 valence electrons. The molecule has 0 radical (unpaired) electrons. The van der Waals surface area contributed by atoms with E-state index in [0.717, 1.165) is 5.75 Å². The summed E-state index contributed by atoms with van der Waals surface area (Å²) in [5, 5.41) is 14.9. The molecule has 0 saturated carbocycles. The summed E-state index contributed by atoms with van der Waals surface area (Å²) in [6.07, 6.45) is 0.0637. The molecule has 0 aliphatic rings. The number of nitrogens with zero attached hydrogens (tertiary/aromatic N) is 3. The number of benzene rings is 2. The van der Waals surface area contributed by atoms with Gasteiger partial charge in [0, 0.05) is 23.4 Å². The van der Waals surface area contributed by atoms with Crippen molar-refractivity contribution in [3.05, 3.63) is 59.4 Å². The highest BCUT2D eigenvalue weighted by Gasteiger charge is 2.15. The van der Waals surface area contributed by atoms with Crippen molar-refractivity contribution in [2.24, 2.45) is 7.05 Å². The van der Waals surface area contributed by atoms with Gasteiger partial charge < -0.3 is 19.9 Å². The molecule has 0 unspecified atom stereocenters. The Morgan fingerprint density at radius 2 is 1.61 bits per heavy atom. The van der Waals surface area contributed by atoms with Gasteiger partial charge in [-0.05, 0) is 55.5 Å². The van der Waals surface area contributed by atoms with Gasteiger partial charge in [-0.25, -0.2) is 0 Å². The van der Waals surface area contributed by atoms with E-state index in [1.807, 2.05) is 6.92 Å². The smallest absolute Gasteiger partial charge is 0.234 e. The van der Waals surface area contributed by atoms with Crippen molar-refractivity contribution in [2.45, 2.75) is 18.5 Å². The highest BCUT2D eigenvalue weighted by atomic mass is 35.5. The quantitative estimate of drug-likeness (QED) is 0.472. The van der Waals surface area contributed by atoms with Crippen molar-refractivity contribution in [1.29, 1.82) is 0 Å². The minimum absolute atomic E-state index is 0.0637. The molecule has 31 heavy (non-hydrogen) atoms. The van der Waals surface area contributed by atoms with Crippen molar-refractivity contribution in [3.63, 3.8) is 0 Å². The van der Waals surface area contributed by atoms with E-state index in [1.54, 1.807) is 60.1 Å². The van der Waals surface area contributed by atoms with E-state index in [1.165, 1.54) is 11.8 Å². The highest BCUT2D eigenvalue weighted by Crippen LogP contribution is 2.19. The topological polar surface area (TPSA) is 98.1 Å². The molecule has 8 nitrogen and oxygen atoms in total. The molecule has 10 heteroatoms. The van der Waals surface area contributed by atoms with Crippen molar-refractivity contribution in [3.8, 4) is 5.75 Å². The van der Waals surface area contributed by atoms with Crippen LogP contribution in [0.1, 0.15) is 12.7 Å². The Morgan fingerprint density at radius 3 is 2.26 bits per heavy atom. The van der Waals surface area contributed by atoms with Crippen LogP contribution in [0.25, 0.3) is 0 Å². The first kappa shape index (κ1) is 22.6. The number of carbonyl (C=O) groups excluding carboxylic acids is 2. The summed E-state index contributed by atoms with van der Waals surface area (Å²) in [5.74, 6) is 1.02. The number of hydrogen-bond donors (Lipinski definition) is 2. The van der Waals surface area contributed by atoms with Gasteiger partial charge in [0.05, 0.1) is 18.8 Å². The standard InChI is InChI=1S/C21H22ClN5O3S/c1-3-30-17-10-8-16(9-11-17)23-19(28)12-18-25-26-21(27(18)2)31-13-20(29)24-15-6-4-14(22)5-7-15/h4-11H,3,12-13H2,1-2H3,(H,23,28)(H,24,29). The van der Waals surface area contributed by atoms with Crippen LogP contribution in [0.15, 0.2) is 53.7 Å². The van der Waals surface area contributed by atoms with Crippen LogP contribution in [0.5, 0.6) is 5.75 Å². The summed E-state index contributed by atoms with van der Waals surface area (Å²) >= 11 is 7.08. The summed E-state index contributed by atoms with van der Waals surface area (Å²) in [6, 6.07) is 14.0. The van der Waals surface area contributed by atoms with Gasteiger partial charge in [-0.2, -0.15) is 0 Å². The molecule has 0 fully saturated rings. The second-order valence-electron chi connectivity index (χ2n) is 6.48. The lowest BCUT2D eigenvalue weighted by Gasteiger charge is -2.07. The van der Waals surface area contributed by atoms with Crippen molar-refractivity contribution in [2.75, 3.05) is 23.0 Å². The van der Waals surface area contributed by atoms with E-state index in [4.69, 9.17) is 16.3 Å². The van der Waals surface area contributed by atoms with Crippen molar-refractivity contribution < 1.29 is 14.3 Å². The molecule has 3 aromatic rings. The summed E-state index contributed by atoms with van der Waals surface area (Å²) in [7, 11) is 1.76. The lowest BCUT2D eigenvalue weighted by atomic mass is 10.3. The molecule has 0 spiro atoms. The van der Waals surface area contributed by atoms with E-state index < -0.39 is 0 Å². The molecule has 3 rings (SSSR count). The van der Waals surface area contributed by atoms with Gasteiger partial charge >= 0.3 is 0 Å². The molecular weight excluding hydrogens is 438 g/mol. The number of rotatable bonds is 9. The van der Waals surface area contributed by atoms with Gasteiger partial charge in [0.1, 0.15) is 11.6 Å². The SMILES string of the molecule is CCOc1ccc(NC(=O)Cc2nnc(SCC(=O)Nc3ccc(Cl)cc3)n2C)cc1.